The molecule has 0 saturated carbocycles. The summed E-state index contributed by atoms with van der Waals surface area (Å²) >= 11 is 0. The minimum atomic E-state index is -0.0863. The second-order valence-electron chi connectivity index (χ2n) is 10.1. The zero-order valence-corrected chi connectivity index (χ0v) is 19.7. The summed E-state index contributed by atoms with van der Waals surface area (Å²) in [6.07, 6.45) is 4.60. The molecule has 1 atom stereocenters. The average Bonchev–Trinajstić information content (AvgIpc) is 2.71. The van der Waals surface area contributed by atoms with Crippen molar-refractivity contribution in [3.8, 4) is 0 Å². The van der Waals surface area contributed by atoms with Gasteiger partial charge < -0.3 is 20.0 Å². The summed E-state index contributed by atoms with van der Waals surface area (Å²) in [7, 11) is 4.09. The van der Waals surface area contributed by atoms with Gasteiger partial charge in [-0.25, -0.2) is 0 Å². The molecular weight excluding hydrogens is 380 g/mol. The van der Waals surface area contributed by atoms with E-state index in [0.717, 1.165) is 45.2 Å². The van der Waals surface area contributed by atoms with Crippen molar-refractivity contribution in [1.29, 1.82) is 0 Å². The second kappa shape index (κ2) is 11.1. The standard InChI is InChI=1S/C23H42N4O3/c1-6-8-20(28)27-12-7-9-19(15-27)22(30)26-13-10-18(11-14-26)21(29)24-16-23(2,3)17-25(4)5/h18-19H,6-17H2,1-5H3,(H,24,29). The van der Waals surface area contributed by atoms with Gasteiger partial charge in [0.05, 0.1) is 5.92 Å². The number of nitrogens with one attached hydrogen (secondary N) is 1. The zero-order chi connectivity index (χ0) is 22.3. The number of carbonyl (C=O) groups excluding carboxylic acids is 3. The highest BCUT2D eigenvalue weighted by atomic mass is 16.2. The molecule has 1 unspecified atom stereocenters. The molecule has 2 rings (SSSR count). The molecule has 2 heterocycles. The maximum absolute atomic E-state index is 13.0. The fourth-order valence-electron chi connectivity index (χ4n) is 4.78. The number of likely N-dealkylation sites (tertiary alicyclic amines) is 2. The summed E-state index contributed by atoms with van der Waals surface area (Å²) in [6, 6.07) is 0. The molecule has 2 aliphatic heterocycles. The van der Waals surface area contributed by atoms with Crippen LogP contribution in [0.3, 0.4) is 0 Å². The quantitative estimate of drug-likeness (QED) is 0.649. The van der Waals surface area contributed by atoms with Crippen LogP contribution in [0, 0.1) is 17.3 Å². The molecule has 7 heteroatoms. The van der Waals surface area contributed by atoms with E-state index in [1.165, 1.54) is 0 Å². The van der Waals surface area contributed by atoms with E-state index in [4.69, 9.17) is 0 Å². The predicted octanol–water partition coefficient (Wildman–Crippen LogP) is 1.97. The van der Waals surface area contributed by atoms with Gasteiger partial charge >= 0.3 is 0 Å². The summed E-state index contributed by atoms with van der Waals surface area (Å²) in [4.78, 5) is 43.7. The van der Waals surface area contributed by atoms with Crippen molar-refractivity contribution < 1.29 is 14.4 Å². The van der Waals surface area contributed by atoms with Gasteiger partial charge in [-0.3, -0.25) is 14.4 Å². The third kappa shape index (κ3) is 7.25. The molecule has 1 N–H and O–H groups in total. The van der Waals surface area contributed by atoms with Crippen molar-refractivity contribution in [2.45, 2.75) is 59.3 Å². The van der Waals surface area contributed by atoms with Crippen LogP contribution < -0.4 is 5.32 Å². The number of piperidine rings is 2. The Morgan fingerprint density at radius 1 is 1.00 bits per heavy atom. The molecule has 3 amide bonds. The van der Waals surface area contributed by atoms with Crippen molar-refractivity contribution in [3.63, 3.8) is 0 Å². The van der Waals surface area contributed by atoms with E-state index < -0.39 is 0 Å². The van der Waals surface area contributed by atoms with E-state index in [-0.39, 0.29) is 35.0 Å². The van der Waals surface area contributed by atoms with Gasteiger partial charge in [-0.2, -0.15) is 0 Å². The second-order valence-corrected chi connectivity index (χ2v) is 10.1. The molecule has 0 aromatic rings. The highest BCUT2D eigenvalue weighted by Crippen LogP contribution is 2.24. The molecule has 0 aromatic heterocycles. The number of hydrogen-bond acceptors (Lipinski definition) is 4. The summed E-state index contributed by atoms with van der Waals surface area (Å²) in [5, 5.41) is 3.12. The summed E-state index contributed by atoms with van der Waals surface area (Å²) in [6.45, 7) is 10.5. The maximum atomic E-state index is 13.0. The van der Waals surface area contributed by atoms with Gasteiger partial charge in [0, 0.05) is 51.6 Å². The molecule has 30 heavy (non-hydrogen) atoms. The largest absolute Gasteiger partial charge is 0.355 e. The van der Waals surface area contributed by atoms with Crippen molar-refractivity contribution >= 4 is 17.7 Å². The van der Waals surface area contributed by atoms with Crippen LogP contribution in [0.25, 0.3) is 0 Å². The number of hydrogen-bond donors (Lipinski definition) is 1. The molecule has 2 fully saturated rings. The van der Waals surface area contributed by atoms with E-state index in [9.17, 15) is 14.4 Å². The van der Waals surface area contributed by atoms with E-state index in [0.29, 0.717) is 32.6 Å². The number of rotatable bonds is 8. The summed E-state index contributed by atoms with van der Waals surface area (Å²) in [5.74, 6) is 0.343. The van der Waals surface area contributed by atoms with Gasteiger partial charge in [0.15, 0.2) is 0 Å². The van der Waals surface area contributed by atoms with E-state index >= 15 is 0 Å². The molecule has 2 aliphatic rings. The number of nitrogens with zero attached hydrogens (tertiary/aromatic N) is 3. The van der Waals surface area contributed by atoms with Gasteiger partial charge in [-0.05, 0) is 51.6 Å². The monoisotopic (exact) mass is 422 g/mol. The molecule has 0 aliphatic carbocycles. The maximum Gasteiger partial charge on any atom is 0.227 e. The van der Waals surface area contributed by atoms with Crippen LogP contribution in [-0.2, 0) is 14.4 Å². The van der Waals surface area contributed by atoms with Crippen LogP contribution in [0.15, 0.2) is 0 Å². The highest BCUT2D eigenvalue weighted by Gasteiger charge is 2.34. The van der Waals surface area contributed by atoms with Gasteiger partial charge in [0.1, 0.15) is 0 Å². The Bertz CT molecular complexity index is 597. The number of carbonyl (C=O) groups is 3. The van der Waals surface area contributed by atoms with Gasteiger partial charge in [0.2, 0.25) is 17.7 Å². The Morgan fingerprint density at radius 3 is 2.27 bits per heavy atom. The molecular formula is C23H42N4O3. The topological polar surface area (TPSA) is 73.0 Å². The zero-order valence-electron chi connectivity index (χ0n) is 19.7. The first-order chi connectivity index (χ1) is 14.1. The van der Waals surface area contributed by atoms with Crippen molar-refractivity contribution in [3.05, 3.63) is 0 Å². The lowest BCUT2D eigenvalue weighted by molar-refractivity contribution is -0.143. The lowest BCUT2D eigenvalue weighted by Crippen LogP contribution is -2.50. The van der Waals surface area contributed by atoms with Crippen LogP contribution in [0.5, 0.6) is 0 Å². The van der Waals surface area contributed by atoms with Gasteiger partial charge in [-0.1, -0.05) is 20.8 Å². The fraction of sp³-hybridized carbons (Fsp3) is 0.870. The van der Waals surface area contributed by atoms with Crippen LogP contribution >= 0.6 is 0 Å². The Labute approximate surface area is 182 Å². The Hall–Kier alpha value is -1.63. The highest BCUT2D eigenvalue weighted by molar-refractivity contribution is 5.82. The summed E-state index contributed by atoms with van der Waals surface area (Å²) < 4.78 is 0. The normalized spacial score (nSPS) is 21.1. The molecule has 7 nitrogen and oxygen atoms in total. The predicted molar refractivity (Wildman–Crippen MR) is 119 cm³/mol. The Kier molecular flexibility index (Phi) is 9.13. The minimum Gasteiger partial charge on any atom is -0.355 e. The van der Waals surface area contributed by atoms with Crippen molar-refractivity contribution in [2.75, 3.05) is 53.4 Å². The lowest BCUT2D eigenvalue weighted by Gasteiger charge is -2.38. The molecule has 172 valence electrons. The van der Waals surface area contributed by atoms with Gasteiger partial charge in [0.25, 0.3) is 0 Å². The third-order valence-corrected chi connectivity index (χ3v) is 6.25. The Morgan fingerprint density at radius 2 is 1.67 bits per heavy atom. The molecule has 0 bridgehead atoms. The summed E-state index contributed by atoms with van der Waals surface area (Å²) in [5.41, 5.74) is 0.0257. The van der Waals surface area contributed by atoms with Crippen LogP contribution in [0.1, 0.15) is 59.3 Å². The first kappa shape index (κ1) is 24.6. The molecule has 2 saturated heterocycles. The smallest absolute Gasteiger partial charge is 0.227 e. The van der Waals surface area contributed by atoms with E-state index in [2.05, 4.69) is 24.1 Å². The van der Waals surface area contributed by atoms with Crippen LogP contribution in [0.4, 0.5) is 0 Å². The first-order valence-electron chi connectivity index (χ1n) is 11.6. The van der Waals surface area contributed by atoms with Crippen molar-refractivity contribution in [2.24, 2.45) is 17.3 Å². The lowest BCUT2D eigenvalue weighted by atomic mass is 9.90. The van der Waals surface area contributed by atoms with Crippen LogP contribution in [-0.4, -0.2) is 85.8 Å². The van der Waals surface area contributed by atoms with E-state index in [1.807, 2.05) is 30.8 Å². The van der Waals surface area contributed by atoms with Crippen LogP contribution in [0.2, 0.25) is 0 Å². The molecule has 0 radical (unpaired) electrons. The van der Waals surface area contributed by atoms with Crippen molar-refractivity contribution in [1.82, 2.24) is 20.0 Å². The SMILES string of the molecule is CCCC(=O)N1CCCC(C(=O)N2CCC(C(=O)NCC(C)(C)CN(C)C)CC2)C1. The minimum absolute atomic E-state index is 0.0156. The number of amides is 3. The molecule has 0 aromatic carbocycles. The average molecular weight is 423 g/mol. The first-order valence-corrected chi connectivity index (χ1v) is 11.6. The molecule has 0 spiro atoms. The van der Waals surface area contributed by atoms with Gasteiger partial charge in [-0.15, -0.1) is 0 Å². The third-order valence-electron chi connectivity index (χ3n) is 6.25. The fourth-order valence-corrected chi connectivity index (χ4v) is 4.78. The Balaban J connectivity index is 1.78. The van der Waals surface area contributed by atoms with E-state index in [1.54, 1.807) is 0 Å².